The Morgan fingerprint density at radius 1 is 0.368 bits per heavy atom. The Labute approximate surface area is 422 Å². The third-order valence-corrected chi connectivity index (χ3v) is 12.5. The van der Waals surface area contributed by atoms with Gasteiger partial charge in [-0.05, 0) is 89.9 Å². The number of allylic oxidation sites excluding steroid dienone is 20. The standard InChI is InChI=1S/C64H109NO3/c1-3-5-7-9-11-13-15-17-19-21-23-24-25-26-27-28-29-30-31-32-33-34-35-36-37-38-39-40-42-44-46-48-50-52-54-56-58-60-64(68)65-62(61-66)63(67)59-57-55-53-51-49-47-45-43-41-22-20-18-16-14-12-10-8-6-4-2/h5,7,11,13,17,19,23-24,26-27,29-30,32-33,35-36,38-39,42,44,62-63,66-67H,3-4,6,8-10,12,14-16,18,20-22,25,28,31,34,37,40-41,43,45-61H2,1-2H3,(H,65,68)/b7-5-,13-11-,19-17-,24-23-,27-26-,30-29-,33-32-,36-35-,39-38-,44-42-. The molecule has 2 atom stereocenters. The van der Waals surface area contributed by atoms with Gasteiger partial charge in [-0.1, -0.05) is 283 Å². The first-order chi connectivity index (χ1) is 33.7. The van der Waals surface area contributed by atoms with Gasteiger partial charge < -0.3 is 15.5 Å². The van der Waals surface area contributed by atoms with Crippen molar-refractivity contribution in [1.82, 2.24) is 5.32 Å². The molecule has 0 bridgehead atoms. The third-order valence-electron chi connectivity index (χ3n) is 12.5. The van der Waals surface area contributed by atoms with Crippen molar-refractivity contribution in [1.29, 1.82) is 0 Å². The van der Waals surface area contributed by atoms with Crippen molar-refractivity contribution in [3.8, 4) is 0 Å². The minimum Gasteiger partial charge on any atom is -0.394 e. The van der Waals surface area contributed by atoms with E-state index in [4.69, 9.17) is 0 Å². The minimum atomic E-state index is -0.675. The zero-order valence-corrected chi connectivity index (χ0v) is 44.6. The summed E-state index contributed by atoms with van der Waals surface area (Å²) >= 11 is 0. The number of amides is 1. The molecule has 388 valence electrons. The maximum absolute atomic E-state index is 12.5. The molecular weight excluding hydrogens is 831 g/mol. The third kappa shape index (κ3) is 53.7. The number of aliphatic hydroxyl groups excluding tert-OH is 2. The highest BCUT2D eigenvalue weighted by atomic mass is 16.3. The van der Waals surface area contributed by atoms with Gasteiger partial charge in [-0.2, -0.15) is 0 Å². The molecule has 4 nitrogen and oxygen atoms in total. The summed E-state index contributed by atoms with van der Waals surface area (Å²) in [5, 5.41) is 23.3. The Bertz CT molecular complexity index is 1340. The van der Waals surface area contributed by atoms with Crippen LogP contribution in [0.15, 0.2) is 122 Å². The smallest absolute Gasteiger partial charge is 0.220 e. The summed E-state index contributed by atoms with van der Waals surface area (Å²) in [6, 6.07) is -0.554. The van der Waals surface area contributed by atoms with Crippen LogP contribution in [0.2, 0.25) is 0 Å². The molecule has 0 saturated heterocycles. The number of hydrogen-bond acceptors (Lipinski definition) is 3. The maximum atomic E-state index is 12.5. The van der Waals surface area contributed by atoms with Crippen LogP contribution in [0, 0.1) is 0 Å². The van der Waals surface area contributed by atoms with Gasteiger partial charge in [-0.3, -0.25) is 4.79 Å². The van der Waals surface area contributed by atoms with E-state index in [1.165, 1.54) is 128 Å². The summed E-state index contributed by atoms with van der Waals surface area (Å²) < 4.78 is 0. The average Bonchev–Trinajstić information content (AvgIpc) is 3.34. The van der Waals surface area contributed by atoms with E-state index in [1.54, 1.807) is 0 Å². The van der Waals surface area contributed by atoms with Crippen LogP contribution in [0.5, 0.6) is 0 Å². The quantitative estimate of drug-likeness (QED) is 0.0420. The van der Waals surface area contributed by atoms with Gasteiger partial charge in [0.25, 0.3) is 0 Å². The second kappa shape index (κ2) is 58.1. The van der Waals surface area contributed by atoms with Crippen molar-refractivity contribution < 1.29 is 15.0 Å². The predicted octanol–water partition coefficient (Wildman–Crippen LogP) is 19.2. The summed E-state index contributed by atoms with van der Waals surface area (Å²) in [5.41, 5.74) is 0. The average molecular weight is 941 g/mol. The number of nitrogens with one attached hydrogen (secondary N) is 1. The second-order valence-corrected chi connectivity index (χ2v) is 19.0. The van der Waals surface area contributed by atoms with Crippen LogP contribution in [0.1, 0.15) is 258 Å². The SMILES string of the molecule is CC/C=C\C/C=C\C/C=C\C/C=C\C/C=C\C/C=C\C/C=C\C/C=C\C/C=C\C/C=C\CCCCCCCCC(=O)NC(CO)C(O)CCCCCCCCCCCCCCCCCCCCC. The molecule has 0 aromatic heterocycles. The number of carbonyl (C=O) groups excluding carboxylic acids is 1. The molecule has 0 aliphatic carbocycles. The Morgan fingerprint density at radius 3 is 0.971 bits per heavy atom. The molecule has 0 aliphatic rings. The monoisotopic (exact) mass is 940 g/mol. The Balaban J connectivity index is 3.62. The van der Waals surface area contributed by atoms with E-state index in [9.17, 15) is 15.0 Å². The Hall–Kier alpha value is -3.21. The van der Waals surface area contributed by atoms with Crippen molar-refractivity contribution in [2.75, 3.05) is 6.61 Å². The molecule has 3 N–H and O–H groups in total. The number of aliphatic hydroxyl groups is 2. The second-order valence-electron chi connectivity index (χ2n) is 19.0. The molecular formula is C64H109NO3. The lowest BCUT2D eigenvalue weighted by Gasteiger charge is -2.22. The molecule has 2 unspecified atom stereocenters. The van der Waals surface area contributed by atoms with E-state index < -0.39 is 12.1 Å². The summed E-state index contributed by atoms with van der Waals surface area (Å²) in [5.74, 6) is -0.0490. The minimum absolute atomic E-state index is 0.0490. The number of unbranched alkanes of at least 4 members (excludes halogenated alkanes) is 24. The Morgan fingerprint density at radius 2 is 0.647 bits per heavy atom. The molecule has 0 aliphatic heterocycles. The van der Waals surface area contributed by atoms with Crippen LogP contribution in [0.3, 0.4) is 0 Å². The topological polar surface area (TPSA) is 69.6 Å². The summed E-state index contributed by atoms with van der Waals surface area (Å²) in [7, 11) is 0. The number of rotatable bonds is 51. The molecule has 0 spiro atoms. The van der Waals surface area contributed by atoms with Gasteiger partial charge in [0.1, 0.15) is 0 Å². The first kappa shape index (κ1) is 64.8. The molecule has 4 heteroatoms. The lowest BCUT2D eigenvalue weighted by Crippen LogP contribution is -2.45. The molecule has 0 aromatic rings. The fourth-order valence-electron chi connectivity index (χ4n) is 8.15. The first-order valence-corrected chi connectivity index (χ1v) is 28.7. The van der Waals surface area contributed by atoms with Crippen LogP contribution in [-0.4, -0.2) is 34.9 Å². The van der Waals surface area contributed by atoms with Crippen molar-refractivity contribution in [3.63, 3.8) is 0 Å². The summed E-state index contributed by atoms with van der Waals surface area (Å²) in [4.78, 5) is 12.5. The fourth-order valence-corrected chi connectivity index (χ4v) is 8.15. The van der Waals surface area contributed by atoms with Gasteiger partial charge in [-0.25, -0.2) is 0 Å². The first-order valence-electron chi connectivity index (χ1n) is 28.7. The molecule has 0 fully saturated rings. The van der Waals surface area contributed by atoms with E-state index in [-0.39, 0.29) is 12.5 Å². The highest BCUT2D eigenvalue weighted by Crippen LogP contribution is 2.16. The van der Waals surface area contributed by atoms with E-state index in [0.29, 0.717) is 12.8 Å². The van der Waals surface area contributed by atoms with Gasteiger partial charge >= 0.3 is 0 Å². The normalized spacial score (nSPS) is 13.8. The van der Waals surface area contributed by atoms with Gasteiger partial charge in [0.15, 0.2) is 0 Å². The maximum Gasteiger partial charge on any atom is 0.220 e. The molecule has 0 heterocycles. The lowest BCUT2D eigenvalue weighted by atomic mass is 10.0. The van der Waals surface area contributed by atoms with E-state index in [1.807, 2.05) is 0 Å². The van der Waals surface area contributed by atoms with Crippen LogP contribution in [0.25, 0.3) is 0 Å². The van der Waals surface area contributed by atoms with E-state index in [2.05, 4.69) is 141 Å². The highest BCUT2D eigenvalue weighted by molar-refractivity contribution is 5.76. The lowest BCUT2D eigenvalue weighted by molar-refractivity contribution is -0.123. The summed E-state index contributed by atoms with van der Waals surface area (Å²) in [6.07, 6.45) is 88.9. The molecule has 0 aromatic carbocycles. The molecule has 68 heavy (non-hydrogen) atoms. The summed E-state index contributed by atoms with van der Waals surface area (Å²) in [6.45, 7) is 4.24. The van der Waals surface area contributed by atoms with Crippen LogP contribution >= 0.6 is 0 Å². The zero-order chi connectivity index (χ0) is 49.2. The van der Waals surface area contributed by atoms with Crippen molar-refractivity contribution >= 4 is 5.91 Å². The van der Waals surface area contributed by atoms with E-state index >= 15 is 0 Å². The molecule has 1 amide bonds. The van der Waals surface area contributed by atoms with Crippen molar-refractivity contribution in [2.45, 2.75) is 270 Å². The number of hydrogen-bond donors (Lipinski definition) is 3. The van der Waals surface area contributed by atoms with Crippen molar-refractivity contribution in [3.05, 3.63) is 122 Å². The van der Waals surface area contributed by atoms with Crippen LogP contribution in [0.4, 0.5) is 0 Å². The van der Waals surface area contributed by atoms with Crippen LogP contribution < -0.4 is 5.32 Å². The fraction of sp³-hybridized carbons (Fsp3) is 0.672. The van der Waals surface area contributed by atoms with Gasteiger partial charge in [0.05, 0.1) is 18.8 Å². The molecule has 0 radical (unpaired) electrons. The van der Waals surface area contributed by atoms with Crippen molar-refractivity contribution in [2.24, 2.45) is 0 Å². The van der Waals surface area contributed by atoms with E-state index in [0.717, 1.165) is 103 Å². The zero-order valence-electron chi connectivity index (χ0n) is 44.6. The van der Waals surface area contributed by atoms with Gasteiger partial charge in [0.2, 0.25) is 5.91 Å². The predicted molar refractivity (Wildman–Crippen MR) is 303 cm³/mol. The van der Waals surface area contributed by atoms with Crippen LogP contribution in [-0.2, 0) is 4.79 Å². The van der Waals surface area contributed by atoms with Gasteiger partial charge in [-0.15, -0.1) is 0 Å². The Kier molecular flexibility index (Phi) is 55.4. The number of carbonyl (C=O) groups is 1. The van der Waals surface area contributed by atoms with Gasteiger partial charge in [0, 0.05) is 6.42 Å². The largest absolute Gasteiger partial charge is 0.394 e. The molecule has 0 rings (SSSR count). The highest BCUT2D eigenvalue weighted by Gasteiger charge is 2.20. The molecule has 0 saturated carbocycles.